The van der Waals surface area contributed by atoms with Crippen molar-refractivity contribution in [3.8, 4) is 0 Å². The molecule has 3 aromatic rings. The van der Waals surface area contributed by atoms with E-state index in [1.54, 1.807) is 11.7 Å². The highest BCUT2D eigenvalue weighted by Gasteiger charge is 2.16. The van der Waals surface area contributed by atoms with Gasteiger partial charge in [0.15, 0.2) is 0 Å². The first-order valence-electron chi connectivity index (χ1n) is 9.67. The summed E-state index contributed by atoms with van der Waals surface area (Å²) in [6, 6.07) is 15.8. The van der Waals surface area contributed by atoms with Crippen LogP contribution in [0.2, 0.25) is 0 Å². The van der Waals surface area contributed by atoms with Gasteiger partial charge in [-0.3, -0.25) is 9.36 Å². The summed E-state index contributed by atoms with van der Waals surface area (Å²) in [5.74, 6) is 0.468. The Morgan fingerprint density at radius 2 is 1.96 bits per heavy atom. The molecule has 0 saturated carbocycles. The van der Waals surface area contributed by atoms with E-state index in [1.807, 2.05) is 30.3 Å². The predicted octanol–water partition coefficient (Wildman–Crippen LogP) is 3.59. The molecule has 1 aromatic heterocycles. The van der Waals surface area contributed by atoms with E-state index in [-0.39, 0.29) is 5.56 Å². The van der Waals surface area contributed by atoms with Gasteiger partial charge in [-0.2, -0.15) is 5.10 Å². The normalized spacial score (nSPS) is 15.0. The number of para-hydroxylation sites is 1. The molecule has 6 nitrogen and oxygen atoms in total. The van der Waals surface area contributed by atoms with Crippen molar-refractivity contribution in [1.29, 1.82) is 0 Å². The van der Waals surface area contributed by atoms with E-state index in [2.05, 4.69) is 33.7 Å². The lowest BCUT2D eigenvalue weighted by Gasteiger charge is -2.18. The molecule has 28 heavy (non-hydrogen) atoms. The minimum absolute atomic E-state index is 0.0616. The van der Waals surface area contributed by atoms with Crippen LogP contribution in [0.25, 0.3) is 10.9 Å². The fourth-order valence-corrected chi connectivity index (χ4v) is 3.66. The van der Waals surface area contributed by atoms with Crippen molar-refractivity contribution < 1.29 is 4.74 Å². The van der Waals surface area contributed by atoms with Crippen LogP contribution in [0, 0.1) is 0 Å². The zero-order valence-electron chi connectivity index (χ0n) is 16.0. The Hall–Kier alpha value is -2.99. The van der Waals surface area contributed by atoms with Gasteiger partial charge in [0.05, 0.1) is 16.6 Å². The molecule has 1 N–H and O–H groups in total. The fourth-order valence-electron chi connectivity index (χ4n) is 3.66. The maximum Gasteiger partial charge on any atom is 0.262 e. The maximum atomic E-state index is 13.0. The molecule has 0 fully saturated rings. The molecule has 1 aliphatic carbocycles. The molecular formula is C22H24N4O2. The first-order valence-corrected chi connectivity index (χ1v) is 9.67. The molecule has 0 aliphatic heterocycles. The van der Waals surface area contributed by atoms with Gasteiger partial charge in [-0.25, -0.2) is 10.4 Å². The zero-order chi connectivity index (χ0) is 19.3. The molecule has 0 amide bonds. The fraction of sp³-hybridized carbons (Fsp3) is 0.318. The zero-order valence-corrected chi connectivity index (χ0v) is 16.0. The number of nitrogens with one attached hydrogen (secondary N) is 1. The van der Waals surface area contributed by atoms with Crippen LogP contribution in [0.1, 0.15) is 30.4 Å². The lowest BCUT2D eigenvalue weighted by molar-refractivity contribution is 0.190. The molecule has 0 saturated heterocycles. The molecule has 144 valence electrons. The number of methoxy groups -OCH3 is 1. The lowest BCUT2D eigenvalue weighted by Crippen LogP contribution is -2.25. The highest BCUT2D eigenvalue weighted by Crippen LogP contribution is 2.22. The largest absolute Gasteiger partial charge is 0.385 e. The van der Waals surface area contributed by atoms with Gasteiger partial charge in [-0.05, 0) is 43.4 Å². The van der Waals surface area contributed by atoms with E-state index in [1.165, 1.54) is 11.1 Å². The van der Waals surface area contributed by atoms with E-state index in [9.17, 15) is 4.79 Å². The first kappa shape index (κ1) is 18.4. The van der Waals surface area contributed by atoms with Crippen molar-refractivity contribution >= 4 is 22.6 Å². The number of anilines is 1. The van der Waals surface area contributed by atoms with Crippen LogP contribution in [0.15, 0.2) is 58.4 Å². The third-order valence-corrected chi connectivity index (χ3v) is 5.07. The Balaban J connectivity index is 1.72. The third-order valence-electron chi connectivity index (χ3n) is 5.07. The summed E-state index contributed by atoms with van der Waals surface area (Å²) < 4.78 is 6.79. The Morgan fingerprint density at radius 1 is 1.14 bits per heavy atom. The second-order valence-electron chi connectivity index (χ2n) is 6.94. The van der Waals surface area contributed by atoms with Crippen molar-refractivity contribution in [3.05, 3.63) is 70.0 Å². The number of benzene rings is 2. The van der Waals surface area contributed by atoms with Crippen LogP contribution in [-0.2, 0) is 17.7 Å². The van der Waals surface area contributed by atoms with Crippen molar-refractivity contribution in [3.63, 3.8) is 0 Å². The molecule has 0 bridgehead atoms. The van der Waals surface area contributed by atoms with Crippen molar-refractivity contribution in [2.75, 3.05) is 19.1 Å². The average Bonchev–Trinajstić information content (AvgIpc) is 2.74. The van der Waals surface area contributed by atoms with Gasteiger partial charge >= 0.3 is 0 Å². The number of nitrogens with zero attached hydrogens (tertiary/aromatic N) is 3. The Labute approximate surface area is 163 Å². The smallest absolute Gasteiger partial charge is 0.262 e. The molecule has 0 spiro atoms. The monoisotopic (exact) mass is 376 g/mol. The molecule has 4 rings (SSSR count). The van der Waals surface area contributed by atoms with Crippen LogP contribution in [0.5, 0.6) is 0 Å². The standard InChI is InChI=1S/C22H24N4O2/c1-28-15-7-14-26-21(27)18-11-4-5-12-19(18)23-22(26)25-24-20-13-6-9-16-8-2-3-10-17(16)20/h2-5,8,10-12H,6-7,9,13-15H2,1H3,(H,23,25)/b24-20-. The van der Waals surface area contributed by atoms with Crippen LogP contribution in [0.3, 0.4) is 0 Å². The molecule has 2 aromatic carbocycles. The summed E-state index contributed by atoms with van der Waals surface area (Å²) >= 11 is 0. The van der Waals surface area contributed by atoms with E-state index in [0.717, 1.165) is 31.4 Å². The van der Waals surface area contributed by atoms with E-state index >= 15 is 0 Å². The van der Waals surface area contributed by atoms with Crippen molar-refractivity contribution in [2.45, 2.75) is 32.2 Å². The summed E-state index contributed by atoms with van der Waals surface area (Å²) in [6.45, 7) is 1.11. The number of hydrogen-bond acceptors (Lipinski definition) is 5. The van der Waals surface area contributed by atoms with Crippen LogP contribution < -0.4 is 11.0 Å². The summed E-state index contributed by atoms with van der Waals surface area (Å²) in [5, 5.41) is 5.26. The molecule has 1 heterocycles. The molecule has 1 aliphatic rings. The SMILES string of the molecule is COCCCn1c(N/N=C2/CCCc3ccccc32)nc2ccccc2c1=O. The van der Waals surface area contributed by atoms with Gasteiger partial charge in [0.25, 0.3) is 5.56 Å². The molecule has 0 atom stereocenters. The van der Waals surface area contributed by atoms with Gasteiger partial charge in [0.1, 0.15) is 0 Å². The second kappa shape index (κ2) is 8.35. The number of hydrogen-bond donors (Lipinski definition) is 1. The number of rotatable bonds is 6. The number of hydrazone groups is 1. The summed E-state index contributed by atoms with van der Waals surface area (Å²) in [7, 11) is 1.66. The topological polar surface area (TPSA) is 68.5 Å². The molecular weight excluding hydrogens is 352 g/mol. The van der Waals surface area contributed by atoms with E-state index < -0.39 is 0 Å². The van der Waals surface area contributed by atoms with Crippen molar-refractivity contribution in [1.82, 2.24) is 9.55 Å². The van der Waals surface area contributed by atoms with Crippen molar-refractivity contribution in [2.24, 2.45) is 5.10 Å². The van der Waals surface area contributed by atoms with E-state index in [4.69, 9.17) is 4.74 Å². The summed E-state index contributed by atoms with van der Waals surface area (Å²) in [4.78, 5) is 17.6. The minimum Gasteiger partial charge on any atom is -0.385 e. The van der Waals surface area contributed by atoms with Crippen LogP contribution in [0.4, 0.5) is 5.95 Å². The number of ether oxygens (including phenoxy) is 1. The highest BCUT2D eigenvalue weighted by atomic mass is 16.5. The quantitative estimate of drug-likeness (QED) is 0.527. The molecule has 0 unspecified atom stereocenters. The number of aryl methyl sites for hydroxylation is 1. The van der Waals surface area contributed by atoms with Gasteiger partial charge in [-0.15, -0.1) is 0 Å². The summed E-state index contributed by atoms with van der Waals surface area (Å²) in [5.41, 5.74) is 7.19. The first-order chi connectivity index (χ1) is 13.8. The number of fused-ring (bicyclic) bond motifs is 2. The Kier molecular flexibility index (Phi) is 5.48. The van der Waals surface area contributed by atoms with Gasteiger partial charge < -0.3 is 4.74 Å². The highest BCUT2D eigenvalue weighted by molar-refractivity contribution is 6.03. The number of aromatic nitrogens is 2. The Bertz CT molecular complexity index is 1070. The van der Waals surface area contributed by atoms with Gasteiger partial charge in [-0.1, -0.05) is 36.4 Å². The van der Waals surface area contributed by atoms with Gasteiger partial charge in [0, 0.05) is 25.8 Å². The van der Waals surface area contributed by atoms with Crippen LogP contribution in [-0.4, -0.2) is 29.0 Å². The molecule has 0 radical (unpaired) electrons. The lowest BCUT2D eigenvalue weighted by atomic mass is 9.90. The van der Waals surface area contributed by atoms with E-state index in [0.29, 0.717) is 30.0 Å². The van der Waals surface area contributed by atoms with Gasteiger partial charge in [0.2, 0.25) is 5.95 Å². The predicted molar refractivity (Wildman–Crippen MR) is 112 cm³/mol. The molecule has 6 heteroatoms. The minimum atomic E-state index is -0.0616. The maximum absolute atomic E-state index is 13.0. The second-order valence-corrected chi connectivity index (χ2v) is 6.94. The van der Waals surface area contributed by atoms with Crippen LogP contribution >= 0.6 is 0 Å². The average molecular weight is 376 g/mol. The third kappa shape index (κ3) is 3.68. The Morgan fingerprint density at radius 3 is 2.86 bits per heavy atom. The summed E-state index contributed by atoms with van der Waals surface area (Å²) in [6.07, 6.45) is 3.78.